The summed E-state index contributed by atoms with van der Waals surface area (Å²) in [5.74, 6) is -0.593. The van der Waals surface area contributed by atoms with Crippen LogP contribution in [0, 0.1) is 11.8 Å². The lowest BCUT2D eigenvalue weighted by Gasteiger charge is -2.21. The number of rotatable bonds is 77. The maximum Gasteiger partial charge on any atom is 0.472 e. The van der Waals surface area contributed by atoms with E-state index in [0.717, 1.165) is 102 Å². The predicted molar refractivity (Wildman–Crippen MR) is 395 cm³/mol. The normalized spacial score (nSPS) is 14.0. The van der Waals surface area contributed by atoms with Crippen molar-refractivity contribution in [3.05, 3.63) is 0 Å². The second kappa shape index (κ2) is 69.8. The van der Waals surface area contributed by atoms with Crippen molar-refractivity contribution >= 4 is 39.5 Å². The van der Waals surface area contributed by atoms with E-state index in [2.05, 4.69) is 41.5 Å². The van der Waals surface area contributed by atoms with Crippen LogP contribution in [0.3, 0.4) is 0 Å². The molecule has 0 aliphatic rings. The van der Waals surface area contributed by atoms with Crippen molar-refractivity contribution < 1.29 is 80.2 Å². The second-order valence-corrected chi connectivity index (χ2v) is 32.0. The van der Waals surface area contributed by atoms with Crippen LogP contribution in [-0.4, -0.2) is 96.7 Å². The molecule has 5 atom stereocenters. The summed E-state index contributed by atoms with van der Waals surface area (Å²) in [5, 5.41) is 10.6. The number of unbranched alkanes of at least 4 members (excludes halogenated alkanes) is 47. The fourth-order valence-electron chi connectivity index (χ4n) is 12.0. The molecule has 17 nitrogen and oxygen atoms in total. The third-order valence-electron chi connectivity index (χ3n) is 18.2. The summed E-state index contributed by atoms with van der Waals surface area (Å²) in [7, 11) is -9.91. The van der Waals surface area contributed by atoms with Gasteiger partial charge in [0, 0.05) is 25.7 Å². The van der Waals surface area contributed by atoms with Crippen LogP contribution in [-0.2, 0) is 65.4 Å². The highest BCUT2D eigenvalue weighted by Crippen LogP contribution is 2.45. The number of carbonyl (C=O) groups is 4. The molecule has 0 saturated carbocycles. The molecule has 19 heteroatoms. The number of ether oxygens (including phenoxy) is 4. The summed E-state index contributed by atoms with van der Waals surface area (Å²) >= 11 is 0. The molecule has 0 fully saturated rings. The molecule has 576 valence electrons. The number of aliphatic hydroxyl groups excluding tert-OH is 1. The summed E-state index contributed by atoms with van der Waals surface area (Å²) < 4.78 is 68.6. The highest BCUT2D eigenvalue weighted by atomic mass is 31.2. The lowest BCUT2D eigenvalue weighted by atomic mass is 10.0. The maximum absolute atomic E-state index is 13.1. The largest absolute Gasteiger partial charge is 0.472 e. The molecule has 0 saturated heterocycles. The summed E-state index contributed by atoms with van der Waals surface area (Å²) in [5.41, 5.74) is 0. The standard InChI is InChI=1S/C78H152O17P2/c1-7-9-11-13-15-17-19-20-21-22-23-26-29-32-36-43-49-55-61-76(81)89-66-73(94-77(82)62-56-50-44-37-33-30-27-24-25-28-31-34-40-46-52-58-70(3)4)68-92-96(84,85)90-64-72(79)65-91-97(86,87)93-69-74(67-88-75(80)60-54-48-42-35-18-16-14-12-10-8-2)95-78(83)63-57-51-45-39-38-41-47-53-59-71(5)6/h70-74,79H,7-69H2,1-6H3,(H,84,85)(H,86,87)/t72-,73-,74-/m1/s1. The Balaban J connectivity index is 5.22. The van der Waals surface area contributed by atoms with Crippen molar-refractivity contribution in [1.82, 2.24) is 0 Å². The van der Waals surface area contributed by atoms with Gasteiger partial charge in [-0.3, -0.25) is 37.3 Å². The third-order valence-corrected chi connectivity index (χ3v) is 20.1. The number of hydrogen-bond donors (Lipinski definition) is 3. The van der Waals surface area contributed by atoms with E-state index in [9.17, 15) is 43.2 Å². The molecule has 0 aliphatic heterocycles. The Morgan fingerprint density at radius 3 is 0.701 bits per heavy atom. The number of esters is 4. The van der Waals surface area contributed by atoms with Gasteiger partial charge >= 0.3 is 39.5 Å². The molecule has 97 heavy (non-hydrogen) atoms. The summed E-state index contributed by atoms with van der Waals surface area (Å²) in [6.07, 6.45) is 58.3. The van der Waals surface area contributed by atoms with Gasteiger partial charge in [-0.25, -0.2) is 9.13 Å². The minimum absolute atomic E-state index is 0.105. The first-order valence-electron chi connectivity index (χ1n) is 40.5. The van der Waals surface area contributed by atoms with E-state index in [-0.39, 0.29) is 25.7 Å². The van der Waals surface area contributed by atoms with Crippen molar-refractivity contribution in [3.8, 4) is 0 Å². The molecule has 0 amide bonds. The highest BCUT2D eigenvalue weighted by Gasteiger charge is 2.30. The van der Waals surface area contributed by atoms with Crippen molar-refractivity contribution in [2.75, 3.05) is 39.6 Å². The number of hydrogen-bond acceptors (Lipinski definition) is 15. The zero-order valence-corrected chi connectivity index (χ0v) is 65.2. The van der Waals surface area contributed by atoms with Gasteiger partial charge in [0.25, 0.3) is 0 Å². The van der Waals surface area contributed by atoms with Gasteiger partial charge in [0.15, 0.2) is 12.2 Å². The third kappa shape index (κ3) is 72.2. The molecule has 0 bridgehead atoms. The van der Waals surface area contributed by atoms with Gasteiger partial charge < -0.3 is 33.8 Å². The fourth-order valence-corrected chi connectivity index (χ4v) is 13.6. The molecule has 0 heterocycles. The number of phosphoric ester groups is 2. The van der Waals surface area contributed by atoms with Crippen LogP contribution in [0.25, 0.3) is 0 Å². The van der Waals surface area contributed by atoms with E-state index in [1.807, 2.05) is 0 Å². The first kappa shape index (κ1) is 95.1. The fraction of sp³-hybridized carbons (Fsp3) is 0.949. The monoisotopic (exact) mass is 1420 g/mol. The van der Waals surface area contributed by atoms with E-state index >= 15 is 0 Å². The number of carbonyl (C=O) groups excluding carboxylic acids is 4. The molecule has 0 aromatic rings. The van der Waals surface area contributed by atoms with Gasteiger partial charge in [0.05, 0.1) is 26.4 Å². The summed E-state index contributed by atoms with van der Waals surface area (Å²) in [4.78, 5) is 72.8. The van der Waals surface area contributed by atoms with Gasteiger partial charge in [0.1, 0.15) is 19.3 Å². The molecular formula is C78H152O17P2. The number of aliphatic hydroxyl groups is 1. The van der Waals surface area contributed by atoms with Gasteiger partial charge in [-0.15, -0.1) is 0 Å². The van der Waals surface area contributed by atoms with Crippen LogP contribution >= 0.6 is 15.6 Å². The minimum atomic E-state index is -4.96. The van der Waals surface area contributed by atoms with Crippen molar-refractivity contribution in [2.45, 2.75) is 426 Å². The Morgan fingerprint density at radius 1 is 0.278 bits per heavy atom. The Labute approximate surface area is 594 Å². The first-order valence-corrected chi connectivity index (χ1v) is 43.5. The van der Waals surface area contributed by atoms with Crippen LogP contribution in [0.5, 0.6) is 0 Å². The second-order valence-electron chi connectivity index (χ2n) is 29.1. The van der Waals surface area contributed by atoms with Gasteiger partial charge in [0.2, 0.25) is 0 Å². The van der Waals surface area contributed by atoms with E-state index in [1.54, 1.807) is 0 Å². The van der Waals surface area contributed by atoms with Crippen LogP contribution < -0.4 is 0 Å². The molecule has 2 unspecified atom stereocenters. The molecule has 0 aromatic heterocycles. The summed E-state index contributed by atoms with van der Waals surface area (Å²) in [6, 6.07) is 0. The Kier molecular flexibility index (Phi) is 68.4. The van der Waals surface area contributed by atoms with Crippen molar-refractivity contribution in [1.29, 1.82) is 0 Å². The van der Waals surface area contributed by atoms with Crippen LogP contribution in [0.2, 0.25) is 0 Å². The minimum Gasteiger partial charge on any atom is -0.462 e. The van der Waals surface area contributed by atoms with Gasteiger partial charge in [-0.1, -0.05) is 356 Å². The summed E-state index contributed by atoms with van der Waals surface area (Å²) in [6.45, 7) is 9.59. The molecule has 0 rings (SSSR count). The van der Waals surface area contributed by atoms with Crippen molar-refractivity contribution in [3.63, 3.8) is 0 Å². The Hall–Kier alpha value is -1.94. The van der Waals surface area contributed by atoms with Gasteiger partial charge in [-0.2, -0.15) is 0 Å². The predicted octanol–water partition coefficient (Wildman–Crippen LogP) is 23.1. The van der Waals surface area contributed by atoms with Crippen LogP contribution in [0.15, 0.2) is 0 Å². The molecule has 0 spiro atoms. The molecule has 0 radical (unpaired) electrons. The van der Waals surface area contributed by atoms with Crippen LogP contribution in [0.1, 0.15) is 408 Å². The lowest BCUT2D eigenvalue weighted by Crippen LogP contribution is -2.30. The Bertz CT molecular complexity index is 1870. The van der Waals surface area contributed by atoms with E-state index in [4.69, 9.17) is 37.0 Å². The zero-order chi connectivity index (χ0) is 71.4. The Morgan fingerprint density at radius 2 is 0.474 bits per heavy atom. The first-order chi connectivity index (χ1) is 46.9. The topological polar surface area (TPSA) is 237 Å². The molecule has 0 aliphatic carbocycles. The quantitative estimate of drug-likeness (QED) is 0.0222. The zero-order valence-electron chi connectivity index (χ0n) is 63.4. The smallest absolute Gasteiger partial charge is 0.462 e. The molecule has 0 aromatic carbocycles. The molecule has 3 N–H and O–H groups in total. The van der Waals surface area contributed by atoms with E-state index in [0.29, 0.717) is 25.7 Å². The van der Waals surface area contributed by atoms with E-state index in [1.165, 1.54) is 225 Å². The average Bonchev–Trinajstić information content (AvgIpc) is 1.81. The maximum atomic E-state index is 13.1. The van der Waals surface area contributed by atoms with Crippen molar-refractivity contribution in [2.24, 2.45) is 11.8 Å². The lowest BCUT2D eigenvalue weighted by molar-refractivity contribution is -0.161. The van der Waals surface area contributed by atoms with E-state index < -0.39 is 97.5 Å². The number of phosphoric acid groups is 2. The van der Waals surface area contributed by atoms with Crippen LogP contribution in [0.4, 0.5) is 0 Å². The highest BCUT2D eigenvalue weighted by molar-refractivity contribution is 7.47. The average molecular weight is 1420 g/mol. The molecular weight excluding hydrogens is 1270 g/mol. The SMILES string of the molecule is CCCCCCCCCCCCCCCCCCCCC(=O)OC[C@H](COP(=O)(O)OC[C@@H](O)COP(=O)(O)OC[C@@H](COC(=O)CCCCCCCCCCCC)OC(=O)CCCCCCCCCCC(C)C)OC(=O)CCCCCCCCCCCCCCCCCC(C)C. The van der Waals surface area contributed by atoms with Gasteiger partial charge in [-0.05, 0) is 37.5 Å².